The molecule has 0 aliphatic carbocycles. The fourth-order valence-electron chi connectivity index (χ4n) is 4.13. The average molecular weight is 399 g/mol. The third-order valence-corrected chi connectivity index (χ3v) is 6.20. The summed E-state index contributed by atoms with van der Waals surface area (Å²) in [6.45, 7) is 9.09. The molecule has 1 aliphatic heterocycles. The number of likely N-dealkylation sites (tertiary alicyclic amines) is 1. The molecule has 3 rings (SSSR count). The van der Waals surface area contributed by atoms with Gasteiger partial charge in [0.25, 0.3) is 0 Å². The lowest BCUT2D eigenvalue weighted by Crippen LogP contribution is -2.41. The number of nitrogens with one attached hydrogen (secondary N) is 1. The first-order valence-corrected chi connectivity index (χ1v) is 10.7. The van der Waals surface area contributed by atoms with E-state index in [0.29, 0.717) is 0 Å². The van der Waals surface area contributed by atoms with Crippen molar-refractivity contribution in [1.29, 1.82) is 0 Å². The van der Waals surface area contributed by atoms with Crippen LogP contribution in [0.2, 0.25) is 5.02 Å². The van der Waals surface area contributed by atoms with Gasteiger partial charge in [0.15, 0.2) is 0 Å². The Morgan fingerprint density at radius 1 is 1.18 bits per heavy atom. The first-order valence-electron chi connectivity index (χ1n) is 10.3. The molecule has 1 heterocycles. The van der Waals surface area contributed by atoms with E-state index >= 15 is 0 Å². The fraction of sp³-hybridized carbons (Fsp3) is 0.458. The van der Waals surface area contributed by atoms with Crippen LogP contribution in [-0.2, 0) is 11.3 Å². The molecule has 0 spiro atoms. The molecule has 1 amide bonds. The van der Waals surface area contributed by atoms with Crippen molar-refractivity contribution in [2.24, 2.45) is 5.92 Å². The number of piperidine rings is 1. The van der Waals surface area contributed by atoms with Crippen LogP contribution in [0.1, 0.15) is 54.5 Å². The topological polar surface area (TPSA) is 32.3 Å². The number of hydrogen-bond donors (Lipinski definition) is 1. The summed E-state index contributed by atoms with van der Waals surface area (Å²) in [5, 5.41) is 4.13. The van der Waals surface area contributed by atoms with Crippen molar-refractivity contribution in [3.05, 3.63) is 69.7 Å². The van der Waals surface area contributed by atoms with Crippen molar-refractivity contribution in [2.75, 3.05) is 13.1 Å². The molecule has 4 heteroatoms. The van der Waals surface area contributed by atoms with Gasteiger partial charge in [0.2, 0.25) is 5.91 Å². The summed E-state index contributed by atoms with van der Waals surface area (Å²) < 4.78 is 0. The van der Waals surface area contributed by atoms with E-state index in [4.69, 9.17) is 11.6 Å². The van der Waals surface area contributed by atoms with Crippen molar-refractivity contribution >= 4 is 17.5 Å². The zero-order valence-corrected chi connectivity index (χ0v) is 17.9. The quantitative estimate of drug-likeness (QED) is 0.702. The minimum atomic E-state index is 0.0919. The minimum Gasteiger partial charge on any atom is -0.349 e. The summed E-state index contributed by atoms with van der Waals surface area (Å²) in [6.07, 6.45) is 2.71. The second-order valence-electron chi connectivity index (χ2n) is 7.97. The van der Waals surface area contributed by atoms with Crippen LogP contribution in [0.4, 0.5) is 0 Å². The Kier molecular flexibility index (Phi) is 7.14. The molecule has 0 saturated carbocycles. The maximum Gasteiger partial charge on any atom is 0.223 e. The van der Waals surface area contributed by atoms with Crippen LogP contribution < -0.4 is 5.32 Å². The van der Waals surface area contributed by atoms with Crippen molar-refractivity contribution in [2.45, 2.75) is 52.6 Å². The predicted molar refractivity (Wildman–Crippen MR) is 117 cm³/mol. The summed E-state index contributed by atoms with van der Waals surface area (Å²) in [5.74, 6) is 0.298. The molecule has 150 valence electrons. The normalized spacial score (nSPS) is 16.7. The summed E-state index contributed by atoms with van der Waals surface area (Å²) in [4.78, 5) is 15.3. The van der Waals surface area contributed by atoms with E-state index in [9.17, 15) is 4.79 Å². The smallest absolute Gasteiger partial charge is 0.223 e. The number of carbonyl (C=O) groups is 1. The van der Waals surface area contributed by atoms with E-state index < -0.39 is 0 Å². The molecule has 0 aromatic heterocycles. The average Bonchev–Trinajstić information content (AvgIpc) is 2.69. The number of rotatable bonds is 6. The molecular formula is C24H31ClN2O. The molecule has 2 aromatic carbocycles. The van der Waals surface area contributed by atoms with Crippen molar-refractivity contribution in [1.82, 2.24) is 10.2 Å². The molecule has 1 aliphatic rings. The van der Waals surface area contributed by atoms with Crippen LogP contribution in [0.15, 0.2) is 42.5 Å². The number of benzene rings is 2. The Morgan fingerprint density at radius 3 is 2.54 bits per heavy atom. The van der Waals surface area contributed by atoms with Crippen LogP contribution in [0.5, 0.6) is 0 Å². The standard InChI is InChI=1S/C24H31ClN2O/c1-4-23(21-10-9-17(2)15-18(21)3)26-24(28)19-11-13-27(14-12-19)16-20-7-5-6-8-22(20)25/h5-10,15,19,23H,4,11-14,16H2,1-3H3,(H,26,28)/t23-/m0/s1. The molecule has 1 atom stereocenters. The van der Waals surface area contributed by atoms with Gasteiger partial charge in [0, 0.05) is 17.5 Å². The molecule has 3 nitrogen and oxygen atoms in total. The van der Waals surface area contributed by atoms with Gasteiger partial charge in [-0.15, -0.1) is 0 Å². The Hall–Kier alpha value is -1.84. The number of nitrogens with zero attached hydrogens (tertiary/aromatic N) is 1. The van der Waals surface area contributed by atoms with Gasteiger partial charge in [-0.25, -0.2) is 0 Å². The maximum atomic E-state index is 12.9. The molecule has 0 unspecified atom stereocenters. The van der Waals surface area contributed by atoms with Crippen LogP contribution in [-0.4, -0.2) is 23.9 Å². The number of hydrogen-bond acceptors (Lipinski definition) is 2. The van der Waals surface area contributed by atoms with Gasteiger partial charge in [-0.05, 0) is 69.0 Å². The van der Waals surface area contributed by atoms with Crippen molar-refractivity contribution in [3.63, 3.8) is 0 Å². The summed E-state index contributed by atoms with van der Waals surface area (Å²) in [7, 11) is 0. The second kappa shape index (κ2) is 9.58. The lowest BCUT2D eigenvalue weighted by atomic mass is 9.93. The zero-order valence-electron chi connectivity index (χ0n) is 17.2. The lowest BCUT2D eigenvalue weighted by Gasteiger charge is -2.32. The highest BCUT2D eigenvalue weighted by atomic mass is 35.5. The molecule has 0 bridgehead atoms. The van der Waals surface area contributed by atoms with Gasteiger partial charge in [-0.2, -0.15) is 0 Å². The van der Waals surface area contributed by atoms with Crippen molar-refractivity contribution < 1.29 is 4.79 Å². The van der Waals surface area contributed by atoms with E-state index in [-0.39, 0.29) is 17.9 Å². The van der Waals surface area contributed by atoms with Gasteiger partial charge < -0.3 is 5.32 Å². The Labute approximate surface area is 174 Å². The van der Waals surface area contributed by atoms with Crippen molar-refractivity contribution in [3.8, 4) is 0 Å². The van der Waals surface area contributed by atoms with Gasteiger partial charge in [-0.3, -0.25) is 9.69 Å². The van der Waals surface area contributed by atoms with Gasteiger partial charge in [-0.1, -0.05) is 60.5 Å². The van der Waals surface area contributed by atoms with E-state index in [1.165, 1.54) is 16.7 Å². The predicted octanol–water partition coefficient (Wildman–Crippen LogP) is 5.44. The van der Waals surface area contributed by atoms with Crippen LogP contribution in [0.25, 0.3) is 0 Å². The summed E-state index contributed by atoms with van der Waals surface area (Å²) >= 11 is 6.29. The highest BCUT2D eigenvalue weighted by molar-refractivity contribution is 6.31. The minimum absolute atomic E-state index is 0.0919. The Morgan fingerprint density at radius 2 is 1.89 bits per heavy atom. The van der Waals surface area contributed by atoms with Crippen LogP contribution >= 0.6 is 11.6 Å². The number of halogens is 1. The molecule has 1 N–H and O–H groups in total. The number of carbonyl (C=O) groups excluding carboxylic acids is 1. The zero-order chi connectivity index (χ0) is 20.1. The van der Waals surface area contributed by atoms with Gasteiger partial charge in [0.05, 0.1) is 6.04 Å². The largest absolute Gasteiger partial charge is 0.349 e. The molecule has 1 saturated heterocycles. The third kappa shape index (κ3) is 5.15. The molecule has 0 radical (unpaired) electrons. The number of amides is 1. The molecule has 2 aromatic rings. The first kappa shape index (κ1) is 20.9. The van der Waals surface area contributed by atoms with E-state index in [0.717, 1.165) is 49.5 Å². The molecular weight excluding hydrogens is 368 g/mol. The Balaban J connectivity index is 1.55. The van der Waals surface area contributed by atoms with Crippen LogP contribution in [0, 0.1) is 19.8 Å². The molecule has 28 heavy (non-hydrogen) atoms. The third-order valence-electron chi connectivity index (χ3n) is 5.84. The highest BCUT2D eigenvalue weighted by Crippen LogP contribution is 2.25. The first-order chi connectivity index (χ1) is 13.5. The van der Waals surface area contributed by atoms with E-state index in [1.807, 2.05) is 18.2 Å². The van der Waals surface area contributed by atoms with E-state index in [2.05, 4.69) is 55.3 Å². The monoisotopic (exact) mass is 398 g/mol. The second-order valence-corrected chi connectivity index (χ2v) is 8.38. The Bertz CT molecular complexity index is 812. The van der Waals surface area contributed by atoms with E-state index in [1.54, 1.807) is 0 Å². The molecule has 1 fully saturated rings. The van der Waals surface area contributed by atoms with Gasteiger partial charge >= 0.3 is 0 Å². The highest BCUT2D eigenvalue weighted by Gasteiger charge is 2.27. The maximum absolute atomic E-state index is 12.9. The number of aryl methyl sites for hydroxylation is 2. The van der Waals surface area contributed by atoms with Gasteiger partial charge in [0.1, 0.15) is 0 Å². The summed E-state index contributed by atoms with van der Waals surface area (Å²) in [6, 6.07) is 14.6. The lowest BCUT2D eigenvalue weighted by molar-refractivity contribution is -0.127. The van der Waals surface area contributed by atoms with Crippen LogP contribution in [0.3, 0.4) is 0 Å². The summed E-state index contributed by atoms with van der Waals surface area (Å²) in [5.41, 5.74) is 4.90. The SMILES string of the molecule is CC[C@H](NC(=O)C1CCN(Cc2ccccc2Cl)CC1)c1ccc(C)cc1C. The fourth-order valence-corrected chi connectivity index (χ4v) is 4.32.